The molecule has 3 N–H and O–H groups in total. The molecule has 2 aromatic rings. The van der Waals surface area contributed by atoms with E-state index in [1.54, 1.807) is 6.20 Å². The number of benzene rings is 1. The van der Waals surface area contributed by atoms with Crippen LogP contribution >= 0.6 is 0 Å². The molecule has 0 saturated carbocycles. The van der Waals surface area contributed by atoms with Crippen LogP contribution in [0.25, 0.3) is 10.9 Å². The summed E-state index contributed by atoms with van der Waals surface area (Å²) in [6.45, 7) is 2.48. The Morgan fingerprint density at radius 3 is 3.10 bits per heavy atom. The van der Waals surface area contributed by atoms with Gasteiger partial charge >= 0.3 is 0 Å². The van der Waals surface area contributed by atoms with Crippen molar-refractivity contribution in [3.8, 4) is 0 Å². The van der Waals surface area contributed by atoms with Crippen LogP contribution in [-0.2, 0) is 9.53 Å². The Morgan fingerprint density at radius 2 is 2.24 bits per heavy atom. The molecular formula is C15H20N4O2. The fraction of sp³-hybridized carbons (Fsp3) is 0.467. The third-order valence-electron chi connectivity index (χ3n) is 3.69. The molecule has 1 aliphatic rings. The minimum atomic E-state index is -0.0252. The molecule has 1 amide bonds. The first-order valence-corrected chi connectivity index (χ1v) is 7.36. The lowest BCUT2D eigenvalue weighted by Gasteiger charge is -2.22. The molecule has 6 nitrogen and oxygen atoms in total. The van der Waals surface area contributed by atoms with Gasteiger partial charge in [0.2, 0.25) is 5.91 Å². The summed E-state index contributed by atoms with van der Waals surface area (Å²) in [5.74, 6) is -0.0252. The van der Waals surface area contributed by atoms with Crippen LogP contribution in [0.2, 0.25) is 0 Å². The maximum Gasteiger partial charge on any atom is 0.226 e. The second kappa shape index (κ2) is 6.69. The number of aromatic nitrogens is 2. The van der Waals surface area contributed by atoms with E-state index in [0.717, 1.165) is 42.5 Å². The molecule has 112 valence electrons. The maximum atomic E-state index is 11.9. The van der Waals surface area contributed by atoms with Crippen molar-refractivity contribution in [2.75, 3.05) is 25.0 Å². The van der Waals surface area contributed by atoms with Crippen LogP contribution in [0.3, 0.4) is 0 Å². The summed E-state index contributed by atoms with van der Waals surface area (Å²) >= 11 is 0. The van der Waals surface area contributed by atoms with E-state index in [9.17, 15) is 4.79 Å². The Morgan fingerprint density at radius 1 is 1.38 bits per heavy atom. The monoisotopic (exact) mass is 288 g/mol. The first kappa shape index (κ1) is 14.0. The van der Waals surface area contributed by atoms with Gasteiger partial charge in [0.25, 0.3) is 0 Å². The van der Waals surface area contributed by atoms with Gasteiger partial charge in [-0.05, 0) is 44.1 Å². The molecule has 0 spiro atoms. The topological polar surface area (TPSA) is 79.0 Å². The number of hydrogen-bond acceptors (Lipinski definition) is 4. The third kappa shape index (κ3) is 3.80. The first-order valence-electron chi connectivity index (χ1n) is 7.36. The van der Waals surface area contributed by atoms with E-state index in [4.69, 9.17) is 4.74 Å². The van der Waals surface area contributed by atoms with Crippen LogP contribution in [0.4, 0.5) is 5.69 Å². The minimum absolute atomic E-state index is 0.0252. The summed E-state index contributed by atoms with van der Waals surface area (Å²) < 4.78 is 5.73. The summed E-state index contributed by atoms with van der Waals surface area (Å²) in [5, 5.41) is 14.1. The molecule has 0 aliphatic carbocycles. The van der Waals surface area contributed by atoms with Crippen molar-refractivity contribution >= 4 is 22.5 Å². The highest BCUT2D eigenvalue weighted by atomic mass is 16.5. The number of piperidine rings is 1. The molecule has 1 aromatic carbocycles. The molecule has 6 heteroatoms. The number of hydrogen-bond donors (Lipinski definition) is 3. The van der Waals surface area contributed by atoms with Gasteiger partial charge < -0.3 is 15.4 Å². The molecule has 1 saturated heterocycles. The number of amides is 1. The zero-order chi connectivity index (χ0) is 14.5. The molecule has 1 aromatic heterocycles. The molecule has 1 aliphatic heterocycles. The number of nitrogens with one attached hydrogen (secondary N) is 3. The fourth-order valence-electron chi connectivity index (χ4n) is 2.52. The smallest absolute Gasteiger partial charge is 0.226 e. The molecule has 3 rings (SSSR count). The molecule has 0 atom stereocenters. The SMILES string of the molecule is O=C(CCOC1CCNCC1)Nc1ccc2cn[nH]c2c1. The molecule has 0 radical (unpaired) electrons. The molecule has 0 unspecified atom stereocenters. The summed E-state index contributed by atoms with van der Waals surface area (Å²) in [7, 11) is 0. The quantitative estimate of drug-likeness (QED) is 0.782. The van der Waals surface area contributed by atoms with Gasteiger partial charge in [-0.15, -0.1) is 0 Å². The van der Waals surface area contributed by atoms with Gasteiger partial charge in [-0.1, -0.05) is 0 Å². The Hall–Kier alpha value is -1.92. The lowest BCUT2D eigenvalue weighted by Crippen LogP contribution is -2.33. The lowest BCUT2D eigenvalue weighted by atomic mass is 10.1. The Kier molecular flexibility index (Phi) is 4.47. The van der Waals surface area contributed by atoms with Crippen molar-refractivity contribution in [1.82, 2.24) is 15.5 Å². The van der Waals surface area contributed by atoms with Gasteiger partial charge in [0.15, 0.2) is 0 Å². The fourth-order valence-corrected chi connectivity index (χ4v) is 2.52. The summed E-state index contributed by atoms with van der Waals surface area (Å²) in [4.78, 5) is 11.9. The Labute approximate surface area is 123 Å². The van der Waals surface area contributed by atoms with E-state index in [1.165, 1.54) is 0 Å². The predicted octanol–water partition coefficient (Wildman–Crippen LogP) is 1.66. The number of H-pyrrole nitrogens is 1. The van der Waals surface area contributed by atoms with Crippen LogP contribution in [0.5, 0.6) is 0 Å². The van der Waals surface area contributed by atoms with E-state index >= 15 is 0 Å². The van der Waals surface area contributed by atoms with Crippen molar-refractivity contribution in [2.24, 2.45) is 0 Å². The Bertz CT molecular complexity index is 604. The van der Waals surface area contributed by atoms with Crippen LogP contribution in [0.1, 0.15) is 19.3 Å². The highest BCUT2D eigenvalue weighted by Gasteiger charge is 2.13. The van der Waals surface area contributed by atoms with Crippen molar-refractivity contribution < 1.29 is 9.53 Å². The largest absolute Gasteiger partial charge is 0.378 e. The van der Waals surface area contributed by atoms with E-state index in [-0.39, 0.29) is 5.91 Å². The Balaban J connectivity index is 1.44. The van der Waals surface area contributed by atoms with Crippen LogP contribution in [0, 0.1) is 0 Å². The predicted molar refractivity (Wildman–Crippen MR) is 81.2 cm³/mol. The van der Waals surface area contributed by atoms with Crippen LogP contribution in [-0.4, -0.2) is 41.9 Å². The van der Waals surface area contributed by atoms with E-state index in [0.29, 0.717) is 19.1 Å². The molecule has 21 heavy (non-hydrogen) atoms. The van der Waals surface area contributed by atoms with Gasteiger partial charge in [-0.3, -0.25) is 9.89 Å². The van der Waals surface area contributed by atoms with E-state index in [1.807, 2.05) is 18.2 Å². The van der Waals surface area contributed by atoms with Gasteiger partial charge in [0, 0.05) is 11.1 Å². The normalized spacial score (nSPS) is 16.2. The number of ether oxygens (including phenoxy) is 1. The number of rotatable bonds is 5. The van der Waals surface area contributed by atoms with Crippen LogP contribution in [0.15, 0.2) is 24.4 Å². The van der Waals surface area contributed by atoms with Crippen molar-refractivity contribution in [3.05, 3.63) is 24.4 Å². The van der Waals surface area contributed by atoms with Crippen molar-refractivity contribution in [2.45, 2.75) is 25.4 Å². The highest BCUT2D eigenvalue weighted by molar-refractivity contribution is 5.93. The third-order valence-corrected chi connectivity index (χ3v) is 3.69. The number of carbonyl (C=O) groups is 1. The van der Waals surface area contributed by atoms with Gasteiger partial charge in [-0.2, -0.15) is 5.10 Å². The maximum absolute atomic E-state index is 11.9. The van der Waals surface area contributed by atoms with E-state index in [2.05, 4.69) is 20.8 Å². The van der Waals surface area contributed by atoms with E-state index < -0.39 is 0 Å². The summed E-state index contributed by atoms with van der Waals surface area (Å²) in [6.07, 6.45) is 4.48. The number of carbonyl (C=O) groups excluding carboxylic acids is 1. The average Bonchev–Trinajstić information content (AvgIpc) is 2.96. The number of anilines is 1. The average molecular weight is 288 g/mol. The first-order chi connectivity index (χ1) is 10.3. The van der Waals surface area contributed by atoms with Gasteiger partial charge in [0.1, 0.15) is 0 Å². The number of nitrogens with zero attached hydrogens (tertiary/aromatic N) is 1. The van der Waals surface area contributed by atoms with Gasteiger partial charge in [-0.25, -0.2) is 0 Å². The molecule has 2 heterocycles. The number of fused-ring (bicyclic) bond motifs is 1. The van der Waals surface area contributed by atoms with Gasteiger partial charge in [0.05, 0.1) is 30.8 Å². The second-order valence-corrected chi connectivity index (χ2v) is 5.29. The highest BCUT2D eigenvalue weighted by Crippen LogP contribution is 2.16. The van der Waals surface area contributed by atoms with Crippen molar-refractivity contribution in [1.29, 1.82) is 0 Å². The molecular weight excluding hydrogens is 268 g/mol. The zero-order valence-corrected chi connectivity index (χ0v) is 11.9. The standard InChI is InChI=1S/C15H20N4O2/c20-15(5-8-21-13-3-6-16-7-4-13)18-12-2-1-11-10-17-19-14(11)9-12/h1-2,9-10,13,16H,3-8H2,(H,17,19)(H,18,20). The number of aromatic amines is 1. The zero-order valence-electron chi connectivity index (χ0n) is 11.9. The molecule has 1 fully saturated rings. The lowest BCUT2D eigenvalue weighted by molar-refractivity contribution is -0.117. The summed E-state index contributed by atoms with van der Waals surface area (Å²) in [5.41, 5.74) is 1.69. The molecule has 0 bridgehead atoms. The minimum Gasteiger partial charge on any atom is -0.378 e. The summed E-state index contributed by atoms with van der Waals surface area (Å²) in [6, 6.07) is 5.69. The van der Waals surface area contributed by atoms with Crippen LogP contribution < -0.4 is 10.6 Å². The van der Waals surface area contributed by atoms with Crippen molar-refractivity contribution in [3.63, 3.8) is 0 Å². The second-order valence-electron chi connectivity index (χ2n) is 5.29.